The summed E-state index contributed by atoms with van der Waals surface area (Å²) in [4.78, 5) is 19.9. The smallest absolute Gasteiger partial charge is 0.159 e. The van der Waals surface area contributed by atoms with E-state index in [1.54, 1.807) is 18.6 Å². The molecule has 2 fully saturated rings. The van der Waals surface area contributed by atoms with Crippen molar-refractivity contribution in [3.63, 3.8) is 0 Å². The Hall–Kier alpha value is -3.98. The summed E-state index contributed by atoms with van der Waals surface area (Å²) in [5, 5.41) is 22.0. The van der Waals surface area contributed by atoms with E-state index in [4.69, 9.17) is 4.98 Å². The van der Waals surface area contributed by atoms with Gasteiger partial charge in [0.05, 0.1) is 40.5 Å². The number of hydrogen-bond acceptors (Lipinski definition) is 7. The Morgan fingerprint density at radius 1 is 1.03 bits per heavy atom. The fourth-order valence-electron chi connectivity index (χ4n) is 5.13. The molecule has 0 radical (unpaired) electrons. The van der Waals surface area contributed by atoms with Crippen LogP contribution >= 0.6 is 0 Å². The number of benzene rings is 1. The molecule has 4 N–H and O–H groups in total. The first-order valence-corrected chi connectivity index (χ1v) is 12.7. The zero-order valence-corrected chi connectivity index (χ0v) is 19.9. The predicted octanol–water partition coefficient (Wildman–Crippen LogP) is 4.69. The third kappa shape index (κ3) is 3.85. The summed E-state index contributed by atoms with van der Waals surface area (Å²) in [6, 6.07) is 10.3. The van der Waals surface area contributed by atoms with Crippen molar-refractivity contribution in [3.05, 3.63) is 48.9 Å². The molecule has 1 aliphatic heterocycles. The number of pyridine rings is 2. The minimum Gasteiger partial charge on any atom is -0.374 e. The Balaban J connectivity index is 1.25. The van der Waals surface area contributed by atoms with E-state index in [2.05, 4.69) is 53.6 Å². The van der Waals surface area contributed by atoms with Gasteiger partial charge in [0.1, 0.15) is 17.4 Å². The third-order valence-electron chi connectivity index (χ3n) is 7.28. The number of nitrogens with zero attached hydrogens (tertiary/aromatic N) is 5. The van der Waals surface area contributed by atoms with E-state index in [1.165, 1.54) is 24.9 Å². The maximum Gasteiger partial charge on any atom is 0.159 e. The van der Waals surface area contributed by atoms with Gasteiger partial charge in [0.15, 0.2) is 5.82 Å². The van der Waals surface area contributed by atoms with Crippen LogP contribution in [0.4, 0.5) is 11.4 Å². The lowest BCUT2D eigenvalue weighted by Gasteiger charge is -2.28. The minimum atomic E-state index is -0.541. The highest BCUT2D eigenvalue weighted by Gasteiger charge is 2.29. The summed E-state index contributed by atoms with van der Waals surface area (Å²) in [6.45, 7) is 2.14. The van der Waals surface area contributed by atoms with Crippen LogP contribution in [0.2, 0.25) is 0 Å². The lowest BCUT2D eigenvalue weighted by Crippen LogP contribution is -2.29. The van der Waals surface area contributed by atoms with Crippen molar-refractivity contribution in [3.8, 4) is 22.8 Å². The molecule has 9 nitrogen and oxygen atoms in total. The first-order chi connectivity index (χ1) is 17.7. The predicted molar refractivity (Wildman–Crippen MR) is 141 cm³/mol. The van der Waals surface area contributed by atoms with Gasteiger partial charge in [0.25, 0.3) is 0 Å². The Bertz CT molecular complexity index is 1550. The number of aromatic nitrogens is 6. The summed E-state index contributed by atoms with van der Waals surface area (Å²) in [5.41, 5.74) is 7.22. The molecule has 182 valence electrons. The highest BCUT2D eigenvalue weighted by Crippen LogP contribution is 2.34. The first kappa shape index (κ1) is 21.3. The fraction of sp³-hybridized carbons (Fsp3) is 0.333. The summed E-state index contributed by atoms with van der Waals surface area (Å²) >= 11 is 0. The van der Waals surface area contributed by atoms with Crippen molar-refractivity contribution in [2.24, 2.45) is 5.92 Å². The molecule has 0 spiro atoms. The molecule has 0 amide bonds. The number of aromatic amines is 2. The monoisotopic (exact) mass is 480 g/mol. The van der Waals surface area contributed by atoms with Gasteiger partial charge in [-0.3, -0.25) is 15.1 Å². The second-order valence-electron chi connectivity index (χ2n) is 9.88. The number of fused-ring (bicyclic) bond motifs is 2. The van der Waals surface area contributed by atoms with Crippen LogP contribution in [-0.4, -0.2) is 54.6 Å². The zero-order valence-electron chi connectivity index (χ0n) is 19.9. The molecular formula is C27H28N8O. The fourth-order valence-corrected chi connectivity index (χ4v) is 5.13. The molecule has 36 heavy (non-hydrogen) atoms. The molecule has 1 unspecified atom stereocenters. The molecule has 9 heteroatoms. The van der Waals surface area contributed by atoms with Gasteiger partial charge in [-0.2, -0.15) is 5.10 Å². The lowest BCUT2D eigenvalue weighted by molar-refractivity contribution is 0.180. The van der Waals surface area contributed by atoms with E-state index in [0.29, 0.717) is 5.92 Å². The van der Waals surface area contributed by atoms with Gasteiger partial charge in [0.2, 0.25) is 0 Å². The minimum absolute atomic E-state index is 0.329. The van der Waals surface area contributed by atoms with Gasteiger partial charge in [0, 0.05) is 36.2 Å². The summed E-state index contributed by atoms with van der Waals surface area (Å²) in [5.74, 6) is 1.06. The number of anilines is 2. The molecular weight excluding hydrogens is 452 g/mol. The lowest BCUT2D eigenvalue weighted by atomic mass is 10.1. The summed E-state index contributed by atoms with van der Waals surface area (Å²) < 4.78 is 0. The molecule has 4 aromatic heterocycles. The van der Waals surface area contributed by atoms with Crippen LogP contribution in [0.1, 0.15) is 32.1 Å². The van der Waals surface area contributed by atoms with Crippen LogP contribution < -0.4 is 10.2 Å². The van der Waals surface area contributed by atoms with Gasteiger partial charge >= 0.3 is 0 Å². The zero-order chi connectivity index (χ0) is 24.1. The number of piperidine rings is 1. The number of aliphatic hydroxyl groups excluding tert-OH is 1. The molecule has 2 aliphatic rings. The van der Waals surface area contributed by atoms with Crippen LogP contribution in [0.25, 0.3) is 44.7 Å². The first-order valence-electron chi connectivity index (χ1n) is 12.7. The van der Waals surface area contributed by atoms with Crippen LogP contribution in [0.15, 0.2) is 48.9 Å². The second kappa shape index (κ2) is 8.60. The molecule has 1 saturated heterocycles. The van der Waals surface area contributed by atoms with Crippen molar-refractivity contribution in [1.82, 2.24) is 30.1 Å². The van der Waals surface area contributed by atoms with E-state index in [9.17, 15) is 5.11 Å². The van der Waals surface area contributed by atoms with Gasteiger partial charge in [-0.1, -0.05) is 6.07 Å². The third-order valence-corrected chi connectivity index (χ3v) is 7.28. The van der Waals surface area contributed by atoms with Crippen LogP contribution in [-0.2, 0) is 0 Å². The van der Waals surface area contributed by atoms with Gasteiger partial charge in [-0.15, -0.1) is 0 Å². The number of hydrogen-bond donors (Lipinski definition) is 4. The second-order valence-corrected chi connectivity index (χ2v) is 9.88. The molecule has 1 aliphatic carbocycles. The summed E-state index contributed by atoms with van der Waals surface area (Å²) in [7, 11) is 0. The normalized spacial score (nSPS) is 17.1. The Labute approximate surface area is 208 Å². The molecule has 0 bridgehead atoms. The standard InChI is InChI=1S/C27H28N8O/c36-27(16-7-8-16)30-18-11-17(13-28-14-18)21-12-19-22(15-29-21)33-34-24(19)26-31-20-5-4-6-23(25(20)32-26)35-9-2-1-3-10-35/h4-6,11-16,27,30,36H,1-3,7-10H2,(H,31,32)(H,33,34). The van der Waals surface area contributed by atoms with E-state index < -0.39 is 6.23 Å². The molecule has 5 aromatic rings. The average molecular weight is 481 g/mol. The molecule has 7 rings (SSSR count). The van der Waals surface area contributed by atoms with E-state index in [0.717, 1.165) is 76.3 Å². The van der Waals surface area contributed by atoms with Crippen molar-refractivity contribution in [2.45, 2.75) is 38.3 Å². The number of nitrogens with one attached hydrogen (secondary N) is 3. The Kier molecular flexibility index (Phi) is 5.09. The van der Waals surface area contributed by atoms with E-state index in [1.807, 2.05) is 12.1 Å². The topological polar surface area (TPSA) is 119 Å². The largest absolute Gasteiger partial charge is 0.374 e. The Morgan fingerprint density at radius 3 is 2.78 bits per heavy atom. The van der Waals surface area contributed by atoms with Gasteiger partial charge in [-0.25, -0.2) is 4.98 Å². The average Bonchev–Trinajstić information content (AvgIpc) is 3.55. The highest BCUT2D eigenvalue weighted by molar-refractivity contribution is 5.96. The van der Waals surface area contributed by atoms with E-state index >= 15 is 0 Å². The highest BCUT2D eigenvalue weighted by atomic mass is 16.3. The number of aliphatic hydroxyl groups is 1. The number of H-pyrrole nitrogens is 2. The van der Waals surface area contributed by atoms with Crippen LogP contribution in [0.5, 0.6) is 0 Å². The molecule has 5 heterocycles. The molecule has 1 aromatic carbocycles. The number of imidazole rings is 1. The maximum atomic E-state index is 10.3. The van der Waals surface area contributed by atoms with Gasteiger partial charge in [-0.05, 0) is 56.4 Å². The van der Waals surface area contributed by atoms with Crippen molar-refractivity contribution >= 4 is 33.3 Å². The number of para-hydroxylation sites is 1. The SMILES string of the molecule is OC(Nc1cncc(-c2cc3c(-c4nc5c(N6CCCCC6)cccc5[nH]4)n[nH]c3cn2)c1)C1CC1. The molecule has 1 atom stereocenters. The molecule has 1 saturated carbocycles. The van der Waals surface area contributed by atoms with E-state index in [-0.39, 0.29) is 0 Å². The van der Waals surface area contributed by atoms with Crippen LogP contribution in [0, 0.1) is 5.92 Å². The number of rotatable bonds is 6. The Morgan fingerprint density at radius 2 is 1.92 bits per heavy atom. The van der Waals surface area contributed by atoms with Crippen molar-refractivity contribution in [2.75, 3.05) is 23.3 Å². The van der Waals surface area contributed by atoms with Gasteiger partial charge < -0.3 is 20.3 Å². The van der Waals surface area contributed by atoms with Crippen molar-refractivity contribution < 1.29 is 5.11 Å². The quantitative estimate of drug-likeness (QED) is 0.260. The summed E-state index contributed by atoms with van der Waals surface area (Å²) in [6.07, 6.45) is 10.6. The maximum absolute atomic E-state index is 10.3. The van der Waals surface area contributed by atoms with Crippen molar-refractivity contribution in [1.29, 1.82) is 0 Å². The van der Waals surface area contributed by atoms with Crippen LogP contribution in [0.3, 0.4) is 0 Å².